The number of piperidine rings is 2. The number of carbonyl (C=O) groups is 2. The second-order valence-electron chi connectivity index (χ2n) is 7.33. The van der Waals surface area contributed by atoms with Crippen LogP contribution in [-0.2, 0) is 4.79 Å². The number of hydrogen-bond acceptors (Lipinski definition) is 3. The predicted molar refractivity (Wildman–Crippen MR) is 105 cm³/mol. The Morgan fingerprint density at radius 2 is 1.85 bits per heavy atom. The number of amides is 2. The minimum atomic E-state index is 0.0163. The highest BCUT2D eigenvalue weighted by Crippen LogP contribution is 2.24. The van der Waals surface area contributed by atoms with Gasteiger partial charge in [-0.1, -0.05) is 11.6 Å². The molecule has 26 heavy (non-hydrogen) atoms. The molecule has 0 radical (unpaired) electrons. The van der Waals surface area contributed by atoms with E-state index in [0.29, 0.717) is 16.3 Å². The van der Waals surface area contributed by atoms with Gasteiger partial charge < -0.3 is 15.1 Å². The van der Waals surface area contributed by atoms with Gasteiger partial charge in [0.15, 0.2) is 0 Å². The molecule has 142 valence electrons. The second kappa shape index (κ2) is 8.76. The fraction of sp³-hybridized carbons (Fsp3) is 0.600. The third-order valence-electron chi connectivity index (χ3n) is 5.41. The van der Waals surface area contributed by atoms with E-state index in [1.54, 1.807) is 18.2 Å². The molecular weight excluding hydrogens is 350 g/mol. The Labute approximate surface area is 160 Å². The molecule has 0 saturated carbocycles. The van der Waals surface area contributed by atoms with Crippen molar-refractivity contribution >= 4 is 29.1 Å². The lowest BCUT2D eigenvalue weighted by molar-refractivity contribution is -0.132. The zero-order chi connectivity index (χ0) is 18.5. The average molecular weight is 378 g/mol. The Morgan fingerprint density at radius 1 is 1.12 bits per heavy atom. The molecule has 1 atom stereocenters. The van der Waals surface area contributed by atoms with Crippen molar-refractivity contribution in [1.82, 2.24) is 9.80 Å². The van der Waals surface area contributed by atoms with E-state index >= 15 is 0 Å². The summed E-state index contributed by atoms with van der Waals surface area (Å²) in [6.07, 6.45) is 6.58. The van der Waals surface area contributed by atoms with Crippen LogP contribution in [0.15, 0.2) is 18.2 Å². The molecule has 6 heteroatoms. The molecule has 2 fully saturated rings. The van der Waals surface area contributed by atoms with E-state index in [4.69, 9.17) is 11.6 Å². The van der Waals surface area contributed by atoms with Gasteiger partial charge in [0.25, 0.3) is 5.91 Å². The number of carbonyl (C=O) groups excluding carboxylic acids is 2. The molecule has 2 aliphatic heterocycles. The van der Waals surface area contributed by atoms with Crippen LogP contribution in [-0.4, -0.2) is 53.8 Å². The zero-order valence-electron chi connectivity index (χ0n) is 15.5. The predicted octanol–water partition coefficient (Wildman–Crippen LogP) is 3.78. The zero-order valence-corrected chi connectivity index (χ0v) is 16.2. The van der Waals surface area contributed by atoms with E-state index < -0.39 is 0 Å². The van der Waals surface area contributed by atoms with Crippen molar-refractivity contribution in [2.24, 2.45) is 0 Å². The van der Waals surface area contributed by atoms with Crippen LogP contribution in [0.25, 0.3) is 0 Å². The largest absolute Gasteiger partial charge is 0.375 e. The van der Waals surface area contributed by atoms with E-state index in [9.17, 15) is 9.59 Å². The standard InChI is InChI=1S/C20H28ClN3O2/c1-15-7-3-6-12-24(15)19(25)14-22-18-13-16(21)8-9-17(18)20(26)23-10-4-2-5-11-23/h8-9,13,15,22H,2-7,10-12,14H2,1H3/t15-/m0/s1. The summed E-state index contributed by atoms with van der Waals surface area (Å²) in [6.45, 7) is 4.69. The number of halogens is 1. The molecule has 0 spiro atoms. The van der Waals surface area contributed by atoms with Crippen molar-refractivity contribution in [3.05, 3.63) is 28.8 Å². The fourth-order valence-electron chi connectivity index (χ4n) is 3.86. The minimum absolute atomic E-state index is 0.0163. The molecule has 5 nitrogen and oxygen atoms in total. The molecule has 0 aliphatic carbocycles. The van der Waals surface area contributed by atoms with Gasteiger partial charge in [-0.15, -0.1) is 0 Å². The summed E-state index contributed by atoms with van der Waals surface area (Å²) in [5.41, 5.74) is 1.24. The van der Waals surface area contributed by atoms with Crippen LogP contribution < -0.4 is 5.32 Å². The topological polar surface area (TPSA) is 52.7 Å². The van der Waals surface area contributed by atoms with E-state index in [-0.39, 0.29) is 24.4 Å². The number of hydrogen-bond donors (Lipinski definition) is 1. The minimum Gasteiger partial charge on any atom is -0.375 e. The Balaban J connectivity index is 1.69. The van der Waals surface area contributed by atoms with Gasteiger partial charge in [0, 0.05) is 36.4 Å². The van der Waals surface area contributed by atoms with Gasteiger partial charge >= 0.3 is 0 Å². The molecule has 1 aromatic carbocycles. The number of likely N-dealkylation sites (tertiary alicyclic amines) is 2. The van der Waals surface area contributed by atoms with Gasteiger partial charge in [0.1, 0.15) is 0 Å². The van der Waals surface area contributed by atoms with Gasteiger partial charge in [-0.25, -0.2) is 0 Å². The molecule has 0 bridgehead atoms. The first-order valence-corrected chi connectivity index (χ1v) is 10.1. The number of anilines is 1. The normalized spacial score (nSPS) is 20.8. The van der Waals surface area contributed by atoms with Crippen LogP contribution in [0.2, 0.25) is 5.02 Å². The molecule has 1 aromatic rings. The van der Waals surface area contributed by atoms with Crippen molar-refractivity contribution in [1.29, 1.82) is 0 Å². The van der Waals surface area contributed by atoms with E-state index in [2.05, 4.69) is 12.2 Å². The summed E-state index contributed by atoms with van der Waals surface area (Å²) in [7, 11) is 0. The lowest BCUT2D eigenvalue weighted by atomic mass is 10.0. The Hall–Kier alpha value is -1.75. The molecule has 2 amide bonds. The fourth-order valence-corrected chi connectivity index (χ4v) is 4.03. The maximum Gasteiger partial charge on any atom is 0.255 e. The summed E-state index contributed by atoms with van der Waals surface area (Å²) in [5.74, 6) is 0.0937. The molecule has 0 unspecified atom stereocenters. The van der Waals surface area contributed by atoms with Crippen LogP contribution in [0, 0.1) is 0 Å². The first-order chi connectivity index (χ1) is 12.6. The summed E-state index contributed by atoms with van der Waals surface area (Å²) in [6, 6.07) is 5.52. The van der Waals surface area contributed by atoms with Crippen molar-refractivity contribution in [3.8, 4) is 0 Å². The van der Waals surface area contributed by atoms with E-state index in [1.807, 2.05) is 9.80 Å². The van der Waals surface area contributed by atoms with Gasteiger partial charge in [-0.05, 0) is 63.6 Å². The molecule has 3 rings (SSSR count). The third-order valence-corrected chi connectivity index (χ3v) is 5.64. The number of nitrogens with one attached hydrogen (secondary N) is 1. The van der Waals surface area contributed by atoms with Crippen LogP contribution in [0.4, 0.5) is 5.69 Å². The molecular formula is C20H28ClN3O2. The molecule has 0 aromatic heterocycles. The summed E-state index contributed by atoms with van der Waals surface area (Å²) in [4.78, 5) is 29.3. The summed E-state index contributed by atoms with van der Waals surface area (Å²) >= 11 is 6.13. The van der Waals surface area contributed by atoms with Gasteiger partial charge in [0.05, 0.1) is 12.1 Å². The third kappa shape index (κ3) is 4.50. The SMILES string of the molecule is C[C@H]1CCCCN1C(=O)CNc1cc(Cl)ccc1C(=O)N1CCCCC1. The average Bonchev–Trinajstić information content (AvgIpc) is 2.67. The highest BCUT2D eigenvalue weighted by Gasteiger charge is 2.24. The van der Waals surface area contributed by atoms with Crippen molar-refractivity contribution < 1.29 is 9.59 Å². The molecule has 1 N–H and O–H groups in total. The number of benzene rings is 1. The van der Waals surface area contributed by atoms with Gasteiger partial charge in [-0.2, -0.15) is 0 Å². The first-order valence-electron chi connectivity index (χ1n) is 9.68. The van der Waals surface area contributed by atoms with Crippen LogP contribution >= 0.6 is 11.6 Å². The molecule has 2 aliphatic rings. The van der Waals surface area contributed by atoms with E-state index in [0.717, 1.165) is 45.3 Å². The summed E-state index contributed by atoms with van der Waals surface area (Å²) in [5, 5.41) is 3.73. The quantitative estimate of drug-likeness (QED) is 0.868. The maximum atomic E-state index is 12.9. The Kier molecular flexibility index (Phi) is 6.41. The number of rotatable bonds is 4. The maximum absolute atomic E-state index is 12.9. The Bertz CT molecular complexity index is 658. The first kappa shape index (κ1) is 19.0. The highest BCUT2D eigenvalue weighted by molar-refractivity contribution is 6.31. The van der Waals surface area contributed by atoms with Crippen LogP contribution in [0.3, 0.4) is 0 Å². The highest BCUT2D eigenvalue weighted by atomic mass is 35.5. The monoisotopic (exact) mass is 377 g/mol. The van der Waals surface area contributed by atoms with Gasteiger partial charge in [0.2, 0.25) is 5.91 Å². The van der Waals surface area contributed by atoms with Crippen molar-refractivity contribution in [2.75, 3.05) is 31.5 Å². The molecule has 2 heterocycles. The van der Waals surface area contributed by atoms with E-state index in [1.165, 1.54) is 12.8 Å². The lowest BCUT2D eigenvalue weighted by Crippen LogP contribution is -2.44. The smallest absolute Gasteiger partial charge is 0.255 e. The van der Waals surface area contributed by atoms with Crippen LogP contribution in [0.1, 0.15) is 55.8 Å². The lowest BCUT2D eigenvalue weighted by Gasteiger charge is -2.33. The van der Waals surface area contributed by atoms with Crippen LogP contribution in [0.5, 0.6) is 0 Å². The second-order valence-corrected chi connectivity index (χ2v) is 7.76. The summed E-state index contributed by atoms with van der Waals surface area (Å²) < 4.78 is 0. The van der Waals surface area contributed by atoms with Crippen molar-refractivity contribution in [3.63, 3.8) is 0 Å². The number of nitrogens with zero attached hydrogens (tertiary/aromatic N) is 2. The molecule has 2 saturated heterocycles. The van der Waals surface area contributed by atoms with Gasteiger partial charge in [-0.3, -0.25) is 9.59 Å². The Morgan fingerprint density at radius 3 is 2.58 bits per heavy atom. The van der Waals surface area contributed by atoms with Crippen molar-refractivity contribution in [2.45, 2.75) is 51.5 Å².